The summed E-state index contributed by atoms with van der Waals surface area (Å²) in [6.07, 6.45) is 0. The summed E-state index contributed by atoms with van der Waals surface area (Å²) in [7, 11) is 0. The molecular formula is C23H24N4OS. The van der Waals surface area contributed by atoms with Gasteiger partial charge in [0.05, 0.1) is 11.4 Å². The first-order valence-corrected chi connectivity index (χ1v) is 10.8. The van der Waals surface area contributed by atoms with Crippen molar-refractivity contribution in [2.75, 3.05) is 36.8 Å². The molecule has 148 valence electrons. The van der Waals surface area contributed by atoms with Crippen molar-refractivity contribution in [2.24, 2.45) is 0 Å². The molecule has 1 fully saturated rings. The molecule has 4 rings (SSSR count). The lowest BCUT2D eigenvalue weighted by Gasteiger charge is -2.36. The number of para-hydroxylation sites is 1. The van der Waals surface area contributed by atoms with Crippen LogP contribution in [0.5, 0.6) is 0 Å². The second-order valence-electron chi connectivity index (χ2n) is 7.04. The Labute approximate surface area is 175 Å². The number of hydrogen-bond donors (Lipinski definition) is 0. The Morgan fingerprint density at radius 2 is 1.59 bits per heavy atom. The highest BCUT2D eigenvalue weighted by Gasteiger charge is 2.21. The van der Waals surface area contributed by atoms with Crippen LogP contribution in [0.3, 0.4) is 0 Å². The van der Waals surface area contributed by atoms with Crippen LogP contribution >= 0.6 is 11.8 Å². The Bertz CT molecular complexity index is 957. The lowest BCUT2D eigenvalue weighted by Crippen LogP contribution is -2.49. The quantitative estimate of drug-likeness (QED) is 0.477. The van der Waals surface area contributed by atoms with Gasteiger partial charge in [0.15, 0.2) is 5.16 Å². The van der Waals surface area contributed by atoms with Crippen LogP contribution in [0, 0.1) is 6.92 Å². The van der Waals surface area contributed by atoms with E-state index in [1.54, 1.807) is 0 Å². The Kier molecular flexibility index (Phi) is 6.10. The Morgan fingerprint density at radius 3 is 2.28 bits per heavy atom. The zero-order valence-electron chi connectivity index (χ0n) is 16.5. The van der Waals surface area contributed by atoms with E-state index in [0.29, 0.717) is 10.9 Å². The third kappa shape index (κ3) is 4.95. The lowest BCUT2D eigenvalue weighted by molar-refractivity contribution is -0.128. The number of aromatic nitrogens is 2. The molecule has 1 aromatic heterocycles. The van der Waals surface area contributed by atoms with Crippen molar-refractivity contribution < 1.29 is 4.79 Å². The second kappa shape index (κ2) is 9.09. The molecule has 0 radical (unpaired) electrons. The normalized spacial score (nSPS) is 14.1. The van der Waals surface area contributed by atoms with Crippen LogP contribution in [0.25, 0.3) is 11.3 Å². The van der Waals surface area contributed by atoms with Crippen LogP contribution < -0.4 is 4.90 Å². The standard InChI is InChI=1S/C23H24N4OS/c1-18-16-21(19-8-4-2-5-9-19)25-23(24-18)29-17-22(28)27-14-12-26(13-15-27)20-10-6-3-7-11-20/h2-11,16H,12-15,17H2,1H3. The number of amides is 1. The molecule has 1 aliphatic rings. The number of hydrogen-bond acceptors (Lipinski definition) is 5. The predicted molar refractivity (Wildman–Crippen MR) is 118 cm³/mol. The lowest BCUT2D eigenvalue weighted by atomic mass is 10.1. The molecule has 1 aliphatic heterocycles. The van der Waals surface area contributed by atoms with Crippen molar-refractivity contribution in [3.05, 3.63) is 72.4 Å². The van der Waals surface area contributed by atoms with E-state index in [4.69, 9.17) is 0 Å². The fourth-order valence-corrected chi connectivity index (χ4v) is 4.24. The molecule has 5 nitrogen and oxygen atoms in total. The van der Waals surface area contributed by atoms with Gasteiger partial charge in [-0.2, -0.15) is 0 Å². The van der Waals surface area contributed by atoms with Gasteiger partial charge in [-0.15, -0.1) is 0 Å². The Hall–Kier alpha value is -2.86. The van der Waals surface area contributed by atoms with Gasteiger partial charge in [0, 0.05) is 43.1 Å². The minimum atomic E-state index is 0.147. The molecule has 0 bridgehead atoms. The Balaban J connectivity index is 1.34. The topological polar surface area (TPSA) is 49.3 Å². The second-order valence-corrected chi connectivity index (χ2v) is 7.98. The van der Waals surface area contributed by atoms with Gasteiger partial charge in [0.1, 0.15) is 0 Å². The van der Waals surface area contributed by atoms with Crippen LogP contribution in [0.15, 0.2) is 71.9 Å². The first kappa shape index (κ1) is 19.5. The van der Waals surface area contributed by atoms with Crippen molar-refractivity contribution in [3.8, 4) is 11.3 Å². The molecule has 0 saturated carbocycles. The Morgan fingerprint density at radius 1 is 0.931 bits per heavy atom. The van der Waals surface area contributed by atoms with Crippen LogP contribution in [-0.2, 0) is 4.79 Å². The van der Waals surface area contributed by atoms with E-state index in [9.17, 15) is 4.79 Å². The summed E-state index contributed by atoms with van der Waals surface area (Å²) >= 11 is 1.42. The monoisotopic (exact) mass is 404 g/mol. The number of nitrogens with zero attached hydrogens (tertiary/aromatic N) is 4. The van der Waals surface area contributed by atoms with Gasteiger partial charge in [-0.1, -0.05) is 60.3 Å². The molecule has 1 amide bonds. The van der Waals surface area contributed by atoms with Crippen molar-refractivity contribution in [2.45, 2.75) is 12.1 Å². The van der Waals surface area contributed by atoms with Gasteiger partial charge >= 0.3 is 0 Å². The molecule has 2 aromatic carbocycles. The maximum absolute atomic E-state index is 12.7. The number of rotatable bonds is 5. The average molecular weight is 405 g/mol. The van der Waals surface area contributed by atoms with E-state index < -0.39 is 0 Å². The largest absolute Gasteiger partial charge is 0.368 e. The minimum absolute atomic E-state index is 0.147. The molecule has 0 spiro atoms. The van der Waals surface area contributed by atoms with Gasteiger partial charge in [-0.05, 0) is 25.1 Å². The number of carbonyl (C=O) groups excluding carboxylic acids is 1. The van der Waals surface area contributed by atoms with Crippen molar-refractivity contribution in [3.63, 3.8) is 0 Å². The average Bonchev–Trinajstić information content (AvgIpc) is 2.78. The van der Waals surface area contributed by atoms with Gasteiger partial charge in [0.2, 0.25) is 5.91 Å². The van der Waals surface area contributed by atoms with Crippen LogP contribution in [0.2, 0.25) is 0 Å². The van der Waals surface area contributed by atoms with Crippen LogP contribution in [0.1, 0.15) is 5.69 Å². The number of carbonyl (C=O) groups is 1. The van der Waals surface area contributed by atoms with Crippen molar-refractivity contribution in [1.29, 1.82) is 0 Å². The zero-order valence-corrected chi connectivity index (χ0v) is 17.3. The highest BCUT2D eigenvalue weighted by Crippen LogP contribution is 2.22. The van der Waals surface area contributed by atoms with E-state index in [1.807, 2.05) is 54.3 Å². The minimum Gasteiger partial charge on any atom is -0.368 e. The first-order valence-electron chi connectivity index (χ1n) is 9.81. The molecule has 0 aliphatic carbocycles. The third-order valence-electron chi connectivity index (χ3n) is 4.98. The third-order valence-corrected chi connectivity index (χ3v) is 5.81. The maximum Gasteiger partial charge on any atom is 0.233 e. The first-order chi connectivity index (χ1) is 14.2. The number of piperazine rings is 1. The summed E-state index contributed by atoms with van der Waals surface area (Å²) < 4.78 is 0. The van der Waals surface area contributed by atoms with Crippen LogP contribution in [0.4, 0.5) is 5.69 Å². The molecule has 0 unspecified atom stereocenters. The van der Waals surface area contributed by atoms with Crippen LogP contribution in [-0.4, -0.2) is 52.7 Å². The van der Waals surface area contributed by atoms with Crippen molar-refractivity contribution >= 4 is 23.4 Å². The molecular weight excluding hydrogens is 380 g/mol. The van der Waals surface area contributed by atoms with E-state index in [-0.39, 0.29) is 5.91 Å². The summed E-state index contributed by atoms with van der Waals surface area (Å²) in [6, 6.07) is 22.4. The van der Waals surface area contributed by atoms with E-state index in [0.717, 1.165) is 43.1 Å². The van der Waals surface area contributed by atoms with Gasteiger partial charge < -0.3 is 9.80 Å². The summed E-state index contributed by atoms with van der Waals surface area (Å²) in [4.78, 5) is 26.1. The number of benzene rings is 2. The van der Waals surface area contributed by atoms with Gasteiger partial charge in [-0.25, -0.2) is 9.97 Å². The summed E-state index contributed by atoms with van der Waals surface area (Å²) in [5.74, 6) is 0.511. The molecule has 6 heteroatoms. The van der Waals surface area contributed by atoms with Crippen molar-refractivity contribution in [1.82, 2.24) is 14.9 Å². The number of aryl methyl sites for hydroxylation is 1. The highest BCUT2D eigenvalue weighted by molar-refractivity contribution is 7.99. The molecule has 0 N–H and O–H groups in total. The summed E-state index contributed by atoms with van der Waals surface area (Å²) in [6.45, 7) is 5.18. The summed E-state index contributed by atoms with van der Waals surface area (Å²) in [5.41, 5.74) is 4.08. The molecule has 29 heavy (non-hydrogen) atoms. The fourth-order valence-electron chi connectivity index (χ4n) is 3.43. The number of thioether (sulfide) groups is 1. The molecule has 3 aromatic rings. The van der Waals surface area contributed by atoms with Gasteiger partial charge in [-0.3, -0.25) is 4.79 Å². The zero-order chi connectivity index (χ0) is 20.1. The maximum atomic E-state index is 12.7. The molecule has 2 heterocycles. The predicted octanol–water partition coefficient (Wildman–Crippen LogP) is 3.89. The van der Waals surface area contributed by atoms with E-state index in [1.165, 1.54) is 17.4 Å². The van der Waals surface area contributed by atoms with E-state index >= 15 is 0 Å². The highest BCUT2D eigenvalue weighted by atomic mass is 32.2. The molecule has 1 saturated heterocycles. The smallest absolute Gasteiger partial charge is 0.233 e. The molecule has 0 atom stereocenters. The van der Waals surface area contributed by atoms with Gasteiger partial charge in [0.25, 0.3) is 0 Å². The SMILES string of the molecule is Cc1cc(-c2ccccc2)nc(SCC(=O)N2CCN(c3ccccc3)CC2)n1. The van der Waals surface area contributed by atoms with E-state index in [2.05, 4.69) is 39.1 Å². The summed E-state index contributed by atoms with van der Waals surface area (Å²) in [5, 5.41) is 0.653. The fraction of sp³-hybridized carbons (Fsp3) is 0.261. The number of anilines is 1.